The maximum atomic E-state index is 13.5. The Morgan fingerprint density at radius 3 is 2.35 bits per heavy atom. The van der Waals surface area contributed by atoms with Gasteiger partial charge in [-0.15, -0.1) is 0 Å². The van der Waals surface area contributed by atoms with E-state index in [9.17, 15) is 24.5 Å². The molecule has 4 atom stereocenters. The SMILES string of the molecule is CCCN1C(=O)C2C(c3ccccc3)C(C(=O)OC)C(c3ccc(OC)c([N+](=O)[O-])c3)N2C1=O. The predicted molar refractivity (Wildman–Crippen MR) is 120 cm³/mol. The van der Waals surface area contributed by atoms with Crippen LogP contribution in [0.25, 0.3) is 0 Å². The first-order valence-corrected chi connectivity index (χ1v) is 10.9. The van der Waals surface area contributed by atoms with Gasteiger partial charge >= 0.3 is 17.7 Å². The number of nitrogens with zero attached hydrogens (tertiary/aromatic N) is 3. The number of methoxy groups -OCH3 is 2. The number of urea groups is 1. The molecule has 2 saturated heterocycles. The molecule has 2 heterocycles. The topological polar surface area (TPSA) is 119 Å². The number of fused-ring (bicyclic) bond motifs is 1. The summed E-state index contributed by atoms with van der Waals surface area (Å²) in [5.41, 5.74) is 0.760. The summed E-state index contributed by atoms with van der Waals surface area (Å²) in [5, 5.41) is 11.7. The van der Waals surface area contributed by atoms with Crippen molar-refractivity contribution in [2.75, 3.05) is 20.8 Å². The fourth-order valence-electron chi connectivity index (χ4n) is 5.12. The molecule has 0 aromatic heterocycles. The van der Waals surface area contributed by atoms with Crippen molar-refractivity contribution in [2.24, 2.45) is 5.92 Å². The first kappa shape index (κ1) is 23.2. The molecule has 2 aliphatic rings. The van der Waals surface area contributed by atoms with Gasteiger partial charge in [0.15, 0.2) is 5.75 Å². The van der Waals surface area contributed by atoms with Crippen LogP contribution in [0.15, 0.2) is 48.5 Å². The zero-order valence-corrected chi connectivity index (χ0v) is 19.0. The van der Waals surface area contributed by atoms with Crippen LogP contribution < -0.4 is 4.74 Å². The average molecular weight is 467 g/mol. The number of rotatable bonds is 7. The van der Waals surface area contributed by atoms with E-state index in [2.05, 4.69) is 0 Å². The number of carbonyl (C=O) groups is 3. The maximum Gasteiger partial charge on any atom is 0.328 e. The van der Waals surface area contributed by atoms with Crippen LogP contribution in [0.4, 0.5) is 10.5 Å². The first-order chi connectivity index (χ1) is 16.3. The Morgan fingerprint density at radius 1 is 1.06 bits per heavy atom. The molecule has 10 heteroatoms. The van der Waals surface area contributed by atoms with E-state index in [-0.39, 0.29) is 23.9 Å². The van der Waals surface area contributed by atoms with Gasteiger partial charge in [-0.2, -0.15) is 0 Å². The summed E-state index contributed by atoms with van der Waals surface area (Å²) in [6.45, 7) is 2.10. The van der Waals surface area contributed by atoms with E-state index in [0.29, 0.717) is 17.5 Å². The zero-order chi connectivity index (χ0) is 24.6. The Hall–Kier alpha value is -3.95. The predicted octanol–water partition coefficient (Wildman–Crippen LogP) is 3.27. The number of nitro benzene ring substituents is 1. The van der Waals surface area contributed by atoms with Gasteiger partial charge in [0.25, 0.3) is 5.91 Å². The minimum absolute atomic E-state index is 0.0500. The minimum Gasteiger partial charge on any atom is -0.490 e. The van der Waals surface area contributed by atoms with E-state index in [0.717, 1.165) is 0 Å². The number of carbonyl (C=O) groups excluding carboxylic acids is 3. The van der Waals surface area contributed by atoms with E-state index in [4.69, 9.17) is 9.47 Å². The Bertz CT molecular complexity index is 1140. The summed E-state index contributed by atoms with van der Waals surface area (Å²) in [7, 11) is 2.57. The summed E-state index contributed by atoms with van der Waals surface area (Å²) in [5.74, 6) is -2.57. The molecule has 10 nitrogen and oxygen atoms in total. The molecule has 2 fully saturated rings. The highest BCUT2D eigenvalue weighted by atomic mass is 16.6. The van der Waals surface area contributed by atoms with Crippen LogP contribution in [-0.4, -0.2) is 59.4 Å². The molecule has 3 amide bonds. The van der Waals surface area contributed by atoms with Crippen molar-refractivity contribution in [3.8, 4) is 5.75 Å². The van der Waals surface area contributed by atoms with Crippen molar-refractivity contribution >= 4 is 23.6 Å². The maximum absolute atomic E-state index is 13.5. The van der Waals surface area contributed by atoms with Crippen molar-refractivity contribution in [1.29, 1.82) is 0 Å². The normalized spacial score (nSPS) is 23.7. The van der Waals surface area contributed by atoms with Gasteiger partial charge in [-0.05, 0) is 23.6 Å². The first-order valence-electron chi connectivity index (χ1n) is 10.9. The lowest BCUT2D eigenvalue weighted by Gasteiger charge is -2.28. The van der Waals surface area contributed by atoms with Crippen LogP contribution in [-0.2, 0) is 14.3 Å². The number of ether oxygens (including phenoxy) is 2. The van der Waals surface area contributed by atoms with Crippen LogP contribution in [0.2, 0.25) is 0 Å². The molecule has 178 valence electrons. The third kappa shape index (κ3) is 3.55. The molecule has 34 heavy (non-hydrogen) atoms. The summed E-state index contributed by atoms with van der Waals surface area (Å²) >= 11 is 0. The van der Waals surface area contributed by atoms with Gasteiger partial charge in [0, 0.05) is 18.5 Å². The van der Waals surface area contributed by atoms with Crippen molar-refractivity contribution in [1.82, 2.24) is 9.80 Å². The van der Waals surface area contributed by atoms with E-state index in [1.54, 1.807) is 30.3 Å². The molecule has 2 aliphatic heterocycles. The third-order valence-electron chi connectivity index (χ3n) is 6.48. The van der Waals surface area contributed by atoms with Crippen molar-refractivity contribution in [3.63, 3.8) is 0 Å². The molecule has 0 bridgehead atoms. The second-order valence-electron chi connectivity index (χ2n) is 8.24. The molecule has 0 radical (unpaired) electrons. The highest BCUT2D eigenvalue weighted by Gasteiger charge is 2.63. The fourth-order valence-corrected chi connectivity index (χ4v) is 5.12. The molecule has 0 aliphatic carbocycles. The molecular weight excluding hydrogens is 442 g/mol. The standard InChI is InChI=1S/C24H25N3O7/c1-4-12-25-22(28)21-18(14-8-6-5-7-9-14)19(23(29)34-3)20(26(21)24(25)30)15-10-11-17(33-2)16(13-15)27(31)32/h5-11,13,18-21H,4,12H2,1-3H3. The molecule has 0 spiro atoms. The van der Waals surface area contributed by atoms with Crippen LogP contribution in [0, 0.1) is 16.0 Å². The van der Waals surface area contributed by atoms with Crippen LogP contribution in [0.3, 0.4) is 0 Å². The van der Waals surface area contributed by atoms with Gasteiger partial charge in [0.1, 0.15) is 6.04 Å². The molecule has 2 aromatic rings. The number of imide groups is 1. The summed E-state index contributed by atoms with van der Waals surface area (Å²) < 4.78 is 10.2. The molecule has 0 saturated carbocycles. The lowest BCUT2D eigenvalue weighted by Crippen LogP contribution is -2.38. The van der Waals surface area contributed by atoms with Gasteiger partial charge < -0.3 is 14.4 Å². The Labute approximate surface area is 196 Å². The number of hydrogen-bond acceptors (Lipinski definition) is 7. The molecular formula is C24H25N3O7. The van der Waals surface area contributed by atoms with E-state index >= 15 is 0 Å². The second kappa shape index (κ2) is 9.12. The van der Waals surface area contributed by atoms with Crippen LogP contribution in [0.5, 0.6) is 5.75 Å². The van der Waals surface area contributed by atoms with Gasteiger partial charge in [-0.1, -0.05) is 43.3 Å². The van der Waals surface area contributed by atoms with E-state index in [1.807, 2.05) is 13.0 Å². The quantitative estimate of drug-likeness (QED) is 0.265. The van der Waals surface area contributed by atoms with Crippen molar-refractivity contribution in [2.45, 2.75) is 31.3 Å². The van der Waals surface area contributed by atoms with Gasteiger partial charge in [0.05, 0.1) is 31.1 Å². The monoisotopic (exact) mass is 467 g/mol. The van der Waals surface area contributed by atoms with Crippen LogP contribution in [0.1, 0.15) is 36.4 Å². The fraction of sp³-hybridized carbons (Fsp3) is 0.375. The largest absolute Gasteiger partial charge is 0.490 e. The summed E-state index contributed by atoms with van der Waals surface area (Å²) in [4.78, 5) is 53.7. The summed E-state index contributed by atoms with van der Waals surface area (Å²) in [6.07, 6.45) is 0.577. The highest BCUT2D eigenvalue weighted by Crippen LogP contribution is 2.54. The molecule has 4 unspecified atom stereocenters. The minimum atomic E-state index is -0.943. The van der Waals surface area contributed by atoms with Gasteiger partial charge in [-0.3, -0.25) is 24.6 Å². The molecule has 0 N–H and O–H groups in total. The number of esters is 1. The molecule has 2 aromatic carbocycles. The van der Waals surface area contributed by atoms with E-state index < -0.39 is 40.8 Å². The third-order valence-corrected chi connectivity index (χ3v) is 6.48. The Balaban J connectivity index is 1.94. The summed E-state index contributed by atoms with van der Waals surface area (Å²) in [6, 6.07) is 10.9. The number of benzene rings is 2. The van der Waals surface area contributed by atoms with Crippen molar-refractivity contribution < 1.29 is 28.8 Å². The van der Waals surface area contributed by atoms with Gasteiger partial charge in [0.2, 0.25) is 0 Å². The van der Waals surface area contributed by atoms with Crippen molar-refractivity contribution in [3.05, 3.63) is 69.8 Å². The number of nitro groups is 1. The Morgan fingerprint density at radius 2 is 1.76 bits per heavy atom. The average Bonchev–Trinajstić information content (AvgIpc) is 3.32. The number of hydrogen-bond donors (Lipinski definition) is 0. The highest BCUT2D eigenvalue weighted by molar-refractivity contribution is 6.06. The van der Waals surface area contributed by atoms with E-state index in [1.165, 1.54) is 36.2 Å². The molecule has 4 rings (SSSR count). The van der Waals surface area contributed by atoms with Gasteiger partial charge in [-0.25, -0.2) is 4.79 Å². The second-order valence-corrected chi connectivity index (χ2v) is 8.24. The lowest BCUT2D eigenvalue weighted by atomic mass is 9.79. The van der Waals surface area contributed by atoms with Crippen LogP contribution >= 0.6 is 0 Å². The Kier molecular flexibility index (Phi) is 6.23. The number of amides is 3. The zero-order valence-electron chi connectivity index (χ0n) is 19.0. The smallest absolute Gasteiger partial charge is 0.328 e. The lowest BCUT2D eigenvalue weighted by molar-refractivity contribution is -0.385.